The minimum Gasteiger partial charge on any atom is -1.00 e. The van der Waals surface area contributed by atoms with E-state index in [4.69, 9.17) is 0 Å². The summed E-state index contributed by atoms with van der Waals surface area (Å²) >= 11 is 0. The van der Waals surface area contributed by atoms with Gasteiger partial charge in [-0.15, -0.1) is 0 Å². The number of nitrogens with one attached hydrogen (secondary N) is 1. The second-order valence-corrected chi connectivity index (χ2v) is 6.27. The number of aliphatic hydroxyl groups is 1. The number of hydrogen-bond donors (Lipinski definition) is 2. The average molecular weight is 277 g/mol. The van der Waals surface area contributed by atoms with Crippen LogP contribution in [0.4, 0.5) is 0 Å². The molecule has 0 amide bonds. The van der Waals surface area contributed by atoms with E-state index in [-0.39, 0.29) is 30.0 Å². The van der Waals surface area contributed by atoms with Crippen LogP contribution in [0.25, 0.3) is 0 Å². The molecule has 1 aliphatic heterocycles. The molecule has 0 aromatic heterocycles. The Labute approximate surface area is 107 Å². The third-order valence-electron chi connectivity index (χ3n) is 2.73. The molecule has 96 valence electrons. The van der Waals surface area contributed by atoms with E-state index in [1.165, 1.54) is 0 Å². The normalized spacial score (nSPS) is 26.4. The minimum atomic E-state index is -3.06. The number of halogens is 1. The molecular formula is C11H15ClNO3S-. The van der Waals surface area contributed by atoms with E-state index in [0.29, 0.717) is 6.54 Å². The van der Waals surface area contributed by atoms with Crippen LogP contribution < -0.4 is 17.7 Å². The topological polar surface area (TPSA) is 66.4 Å². The van der Waals surface area contributed by atoms with Gasteiger partial charge in [-0.1, -0.05) is 30.3 Å². The van der Waals surface area contributed by atoms with Gasteiger partial charge in [-0.05, 0) is 5.56 Å². The van der Waals surface area contributed by atoms with Gasteiger partial charge in [0.2, 0.25) is 0 Å². The van der Waals surface area contributed by atoms with Gasteiger partial charge < -0.3 is 22.8 Å². The Morgan fingerprint density at radius 3 is 2.41 bits per heavy atom. The predicted octanol–water partition coefficient (Wildman–Crippen LogP) is -3.06. The van der Waals surface area contributed by atoms with Crippen molar-refractivity contribution in [2.75, 3.05) is 11.5 Å². The molecule has 1 saturated heterocycles. The Kier molecular flexibility index (Phi) is 4.94. The molecule has 0 spiro atoms. The maximum absolute atomic E-state index is 11.3. The predicted molar refractivity (Wildman–Crippen MR) is 61.7 cm³/mol. The van der Waals surface area contributed by atoms with Crippen molar-refractivity contribution in [3.8, 4) is 0 Å². The summed E-state index contributed by atoms with van der Waals surface area (Å²) in [6.07, 6.45) is -0.784. The second-order valence-electron chi connectivity index (χ2n) is 4.12. The van der Waals surface area contributed by atoms with Crippen LogP contribution in [0, 0.1) is 0 Å². The molecule has 1 aromatic rings. The van der Waals surface area contributed by atoms with Crippen LogP contribution in [0.15, 0.2) is 30.3 Å². The quantitative estimate of drug-likeness (QED) is 0.615. The molecule has 0 radical (unpaired) electrons. The first-order chi connectivity index (χ1) is 7.57. The lowest BCUT2D eigenvalue weighted by Crippen LogP contribution is -3.00. The van der Waals surface area contributed by atoms with Gasteiger partial charge in [0.05, 0.1) is 17.6 Å². The smallest absolute Gasteiger partial charge is 0.154 e. The molecule has 1 aliphatic rings. The Hall–Kier alpha value is -0.620. The van der Waals surface area contributed by atoms with Crippen LogP contribution in [0.2, 0.25) is 0 Å². The standard InChI is InChI=1S/C11H15NO3S.ClH/c13-11-8-16(14,15)7-10(11)12-6-9-4-2-1-3-5-9;/h1-5,10-13H,6-8H2;1H/p-1. The Bertz CT molecular complexity index is 449. The van der Waals surface area contributed by atoms with E-state index in [1.54, 1.807) is 0 Å². The highest BCUT2D eigenvalue weighted by molar-refractivity contribution is 7.91. The number of sulfone groups is 1. The molecule has 1 fully saturated rings. The average Bonchev–Trinajstić information content (AvgIpc) is 2.50. The third-order valence-corrected chi connectivity index (χ3v) is 4.45. The zero-order valence-corrected chi connectivity index (χ0v) is 10.8. The van der Waals surface area contributed by atoms with Crippen molar-refractivity contribution in [3.05, 3.63) is 35.9 Å². The molecule has 2 N–H and O–H groups in total. The van der Waals surface area contributed by atoms with Crippen LogP contribution in [0.3, 0.4) is 0 Å². The highest BCUT2D eigenvalue weighted by atomic mass is 35.5. The molecule has 1 heterocycles. The van der Waals surface area contributed by atoms with Crippen molar-refractivity contribution < 1.29 is 25.9 Å². The Balaban J connectivity index is 0.00000144. The van der Waals surface area contributed by atoms with Crippen LogP contribution >= 0.6 is 0 Å². The van der Waals surface area contributed by atoms with E-state index >= 15 is 0 Å². The zero-order chi connectivity index (χ0) is 11.6. The van der Waals surface area contributed by atoms with Crippen LogP contribution in [-0.2, 0) is 16.4 Å². The zero-order valence-electron chi connectivity index (χ0n) is 9.21. The van der Waals surface area contributed by atoms with Crippen molar-refractivity contribution in [2.45, 2.75) is 18.7 Å². The Morgan fingerprint density at radius 2 is 1.88 bits per heavy atom. The summed E-state index contributed by atoms with van der Waals surface area (Å²) in [7, 11) is -3.06. The van der Waals surface area contributed by atoms with Gasteiger partial charge in [-0.3, -0.25) is 0 Å². The number of aliphatic hydroxyl groups excluding tert-OH is 1. The van der Waals surface area contributed by atoms with E-state index in [2.05, 4.69) is 5.32 Å². The van der Waals surface area contributed by atoms with Gasteiger partial charge in [-0.2, -0.15) is 0 Å². The first kappa shape index (κ1) is 14.4. The summed E-state index contributed by atoms with van der Waals surface area (Å²) in [6.45, 7) is 0.581. The maximum atomic E-state index is 11.3. The first-order valence-corrected chi connectivity index (χ1v) is 7.05. The van der Waals surface area contributed by atoms with Crippen molar-refractivity contribution in [3.63, 3.8) is 0 Å². The summed E-state index contributed by atoms with van der Waals surface area (Å²) in [5.41, 5.74) is 1.08. The fourth-order valence-corrected chi connectivity index (χ4v) is 3.64. The third kappa shape index (κ3) is 3.96. The van der Waals surface area contributed by atoms with Gasteiger partial charge >= 0.3 is 0 Å². The summed E-state index contributed by atoms with van der Waals surface area (Å²) in [6, 6.07) is 9.37. The lowest BCUT2D eigenvalue weighted by Gasteiger charge is -2.14. The van der Waals surface area contributed by atoms with Crippen molar-refractivity contribution in [2.24, 2.45) is 0 Å². The lowest BCUT2D eigenvalue weighted by molar-refractivity contribution is -0.00000767. The summed E-state index contributed by atoms with van der Waals surface area (Å²) in [5.74, 6) is -0.0968. The summed E-state index contributed by atoms with van der Waals surface area (Å²) in [5, 5.41) is 12.6. The van der Waals surface area contributed by atoms with E-state index in [9.17, 15) is 13.5 Å². The highest BCUT2D eigenvalue weighted by Gasteiger charge is 2.35. The number of rotatable bonds is 3. The monoisotopic (exact) mass is 276 g/mol. The van der Waals surface area contributed by atoms with E-state index in [0.717, 1.165) is 5.56 Å². The molecule has 0 bridgehead atoms. The SMILES string of the molecule is O=S1(=O)CC(O)C(NCc2ccccc2)C1.[Cl-]. The highest BCUT2D eigenvalue weighted by Crippen LogP contribution is 2.13. The van der Waals surface area contributed by atoms with Gasteiger partial charge in [0.1, 0.15) is 0 Å². The van der Waals surface area contributed by atoms with Crippen molar-refractivity contribution in [1.82, 2.24) is 5.32 Å². The van der Waals surface area contributed by atoms with Crippen molar-refractivity contribution >= 4 is 9.84 Å². The van der Waals surface area contributed by atoms with Crippen molar-refractivity contribution in [1.29, 1.82) is 0 Å². The van der Waals surface area contributed by atoms with Gasteiger partial charge in [0.15, 0.2) is 9.84 Å². The molecule has 4 nitrogen and oxygen atoms in total. The number of hydrogen-bond acceptors (Lipinski definition) is 4. The van der Waals surface area contributed by atoms with E-state index < -0.39 is 15.9 Å². The number of benzene rings is 1. The molecule has 2 unspecified atom stereocenters. The molecule has 0 aliphatic carbocycles. The minimum absolute atomic E-state index is 0. The molecule has 2 atom stereocenters. The van der Waals surface area contributed by atoms with Crippen LogP contribution in [-0.4, -0.2) is 37.2 Å². The largest absolute Gasteiger partial charge is 1.00 e. The molecule has 6 heteroatoms. The second kappa shape index (κ2) is 5.82. The molecule has 17 heavy (non-hydrogen) atoms. The molecular weight excluding hydrogens is 262 g/mol. The van der Waals surface area contributed by atoms with Crippen LogP contribution in [0.1, 0.15) is 5.56 Å². The van der Waals surface area contributed by atoms with Crippen LogP contribution in [0.5, 0.6) is 0 Å². The van der Waals surface area contributed by atoms with Gasteiger partial charge in [0.25, 0.3) is 0 Å². The fraction of sp³-hybridized carbons (Fsp3) is 0.455. The summed E-state index contributed by atoms with van der Waals surface area (Å²) in [4.78, 5) is 0. The first-order valence-electron chi connectivity index (χ1n) is 5.23. The molecule has 2 rings (SSSR count). The maximum Gasteiger partial charge on any atom is 0.154 e. The Morgan fingerprint density at radius 1 is 1.24 bits per heavy atom. The summed E-state index contributed by atoms with van der Waals surface area (Å²) < 4.78 is 22.5. The van der Waals surface area contributed by atoms with E-state index in [1.807, 2.05) is 30.3 Å². The molecule has 0 saturated carbocycles. The molecule has 1 aromatic carbocycles. The van der Waals surface area contributed by atoms with Gasteiger partial charge in [-0.25, -0.2) is 8.42 Å². The fourth-order valence-electron chi connectivity index (χ4n) is 1.87. The van der Waals surface area contributed by atoms with Gasteiger partial charge in [0, 0.05) is 12.6 Å². The lowest BCUT2D eigenvalue weighted by atomic mass is 10.2.